The molecule has 1 atom stereocenters. The molecule has 2 rings (SSSR count). The number of aryl methyl sites for hydroxylation is 2. The van der Waals surface area contributed by atoms with Crippen LogP contribution in [0.5, 0.6) is 5.75 Å². The van der Waals surface area contributed by atoms with Gasteiger partial charge in [-0.15, -0.1) is 0 Å². The highest BCUT2D eigenvalue weighted by molar-refractivity contribution is 5.89. The number of rotatable bonds is 7. The van der Waals surface area contributed by atoms with Gasteiger partial charge in [-0.1, -0.05) is 13.5 Å². The molecular formula is C22H31N3O4. The summed E-state index contributed by atoms with van der Waals surface area (Å²) in [6.45, 7) is 9.94. The zero-order valence-electron chi connectivity index (χ0n) is 18.1. The Morgan fingerprint density at radius 1 is 1.24 bits per heavy atom. The minimum atomic E-state index is -0.171. The second-order valence-corrected chi connectivity index (χ2v) is 6.83. The first kappa shape index (κ1) is 24.1. The van der Waals surface area contributed by atoms with Crippen LogP contribution in [-0.4, -0.2) is 59.8 Å². The van der Waals surface area contributed by atoms with Crippen LogP contribution in [0, 0.1) is 6.92 Å². The summed E-state index contributed by atoms with van der Waals surface area (Å²) in [5, 5.41) is 9.43. The summed E-state index contributed by atoms with van der Waals surface area (Å²) in [6.07, 6.45) is 4.12. The number of amides is 1. The summed E-state index contributed by atoms with van der Waals surface area (Å²) in [5.74, 6) is 0.865. The van der Waals surface area contributed by atoms with Crippen molar-refractivity contribution in [2.24, 2.45) is 0 Å². The molecule has 1 aromatic carbocycles. The second kappa shape index (κ2) is 11.8. The van der Waals surface area contributed by atoms with Gasteiger partial charge in [-0.25, -0.2) is 9.97 Å². The van der Waals surface area contributed by atoms with E-state index < -0.39 is 0 Å². The van der Waals surface area contributed by atoms with Gasteiger partial charge in [0.1, 0.15) is 17.6 Å². The van der Waals surface area contributed by atoms with Crippen LogP contribution in [0.1, 0.15) is 41.2 Å². The maximum Gasteiger partial charge on any atom is 0.291 e. The zero-order chi connectivity index (χ0) is 22.0. The summed E-state index contributed by atoms with van der Waals surface area (Å²) >= 11 is 0. The zero-order valence-corrected chi connectivity index (χ0v) is 18.1. The topological polar surface area (TPSA) is 84.8 Å². The molecule has 7 nitrogen and oxygen atoms in total. The monoisotopic (exact) mass is 401 g/mol. The van der Waals surface area contributed by atoms with Crippen molar-refractivity contribution >= 4 is 11.7 Å². The van der Waals surface area contributed by atoms with Crippen molar-refractivity contribution in [3.63, 3.8) is 0 Å². The molecule has 1 unspecified atom stereocenters. The lowest BCUT2D eigenvalue weighted by atomic mass is 10.1. The van der Waals surface area contributed by atoms with Crippen molar-refractivity contribution in [3.8, 4) is 5.75 Å². The first-order valence-electron chi connectivity index (χ1n) is 9.36. The molecule has 0 fully saturated rings. The van der Waals surface area contributed by atoms with Crippen molar-refractivity contribution in [2.75, 3.05) is 27.8 Å². The van der Waals surface area contributed by atoms with Gasteiger partial charge in [0.15, 0.2) is 0 Å². The quantitative estimate of drug-likeness (QED) is 0.713. The minimum absolute atomic E-state index is 0.0214. The van der Waals surface area contributed by atoms with E-state index in [1.54, 1.807) is 39.7 Å². The minimum Gasteiger partial charge on any atom is -0.508 e. The Morgan fingerprint density at radius 2 is 1.86 bits per heavy atom. The molecule has 0 aliphatic rings. The largest absolute Gasteiger partial charge is 0.508 e. The lowest BCUT2D eigenvalue weighted by Gasteiger charge is -2.15. The molecule has 0 saturated carbocycles. The van der Waals surface area contributed by atoms with Crippen molar-refractivity contribution in [1.29, 1.82) is 0 Å². The number of ether oxygens (including phenoxy) is 2. The molecule has 0 saturated heterocycles. The Balaban J connectivity index is 0.000000308. The third-order valence-corrected chi connectivity index (χ3v) is 3.82. The van der Waals surface area contributed by atoms with Crippen LogP contribution in [0.4, 0.5) is 0 Å². The molecule has 0 aliphatic heterocycles. The van der Waals surface area contributed by atoms with E-state index in [0.717, 1.165) is 23.3 Å². The van der Waals surface area contributed by atoms with E-state index in [-0.39, 0.29) is 23.6 Å². The maximum absolute atomic E-state index is 11.3. The standard InChI is InChI=1S/C14H20O3.C8H11N3O/c1-5-12-6-13(11(3)15)8-14(7-12)17-10(2)9-16-4;1-6-4-9-7(10-5-6)8(12)11(2)3/h6-8,10,15H,3,5,9H2,1-2,4H3;4-5H,1-3H3. The highest BCUT2D eigenvalue weighted by Crippen LogP contribution is 2.22. The summed E-state index contributed by atoms with van der Waals surface area (Å²) in [4.78, 5) is 20.5. The van der Waals surface area contributed by atoms with Gasteiger partial charge in [0.2, 0.25) is 5.82 Å². The third kappa shape index (κ3) is 8.31. The smallest absolute Gasteiger partial charge is 0.291 e. The first-order chi connectivity index (χ1) is 13.7. The Kier molecular flexibility index (Phi) is 9.82. The number of nitrogens with zero attached hydrogens (tertiary/aromatic N) is 3. The number of benzene rings is 1. The van der Waals surface area contributed by atoms with Crippen molar-refractivity contribution in [3.05, 3.63) is 59.7 Å². The van der Waals surface area contributed by atoms with Gasteiger partial charge in [0.05, 0.1) is 6.61 Å². The van der Waals surface area contributed by atoms with Gasteiger partial charge >= 0.3 is 0 Å². The van der Waals surface area contributed by atoms with E-state index in [1.807, 2.05) is 26.0 Å². The predicted octanol–water partition coefficient (Wildman–Crippen LogP) is 3.68. The Morgan fingerprint density at radius 3 is 2.34 bits per heavy atom. The number of hydrogen-bond acceptors (Lipinski definition) is 6. The Labute approximate surface area is 173 Å². The number of carbonyl (C=O) groups is 1. The number of aliphatic hydroxyl groups is 1. The molecule has 29 heavy (non-hydrogen) atoms. The lowest BCUT2D eigenvalue weighted by molar-refractivity contribution is 0.0815. The molecule has 1 aromatic heterocycles. The van der Waals surface area contributed by atoms with Crippen LogP contribution in [0.2, 0.25) is 0 Å². The summed E-state index contributed by atoms with van der Waals surface area (Å²) < 4.78 is 10.7. The number of aromatic nitrogens is 2. The fraction of sp³-hybridized carbons (Fsp3) is 0.409. The normalized spacial score (nSPS) is 11.1. The van der Waals surface area contributed by atoms with Crippen LogP contribution in [0.25, 0.3) is 5.76 Å². The van der Waals surface area contributed by atoms with Crippen molar-refractivity contribution in [1.82, 2.24) is 14.9 Å². The van der Waals surface area contributed by atoms with Crippen LogP contribution < -0.4 is 4.74 Å². The fourth-order valence-corrected chi connectivity index (χ4v) is 2.30. The van der Waals surface area contributed by atoms with Gasteiger partial charge < -0.3 is 19.5 Å². The molecule has 158 valence electrons. The van der Waals surface area contributed by atoms with Gasteiger partial charge in [-0.3, -0.25) is 4.79 Å². The molecule has 1 amide bonds. The summed E-state index contributed by atoms with van der Waals surface area (Å²) in [6, 6.07) is 5.67. The highest BCUT2D eigenvalue weighted by Gasteiger charge is 2.09. The van der Waals surface area contributed by atoms with Crippen molar-refractivity contribution < 1.29 is 19.4 Å². The molecule has 7 heteroatoms. The van der Waals surface area contributed by atoms with E-state index in [4.69, 9.17) is 9.47 Å². The average molecular weight is 402 g/mol. The number of methoxy groups -OCH3 is 1. The highest BCUT2D eigenvalue weighted by atomic mass is 16.5. The van der Waals surface area contributed by atoms with Crippen LogP contribution in [-0.2, 0) is 11.2 Å². The van der Waals surface area contributed by atoms with Crippen LogP contribution in [0.3, 0.4) is 0 Å². The van der Waals surface area contributed by atoms with E-state index in [9.17, 15) is 9.90 Å². The fourth-order valence-electron chi connectivity index (χ4n) is 2.30. The molecule has 0 radical (unpaired) electrons. The number of carbonyl (C=O) groups excluding carboxylic acids is 1. The summed E-state index contributed by atoms with van der Waals surface area (Å²) in [7, 11) is 4.99. The van der Waals surface area contributed by atoms with E-state index in [2.05, 4.69) is 23.5 Å². The number of hydrogen-bond donors (Lipinski definition) is 1. The Hall–Kier alpha value is -2.93. The SMILES string of the molecule is C=C(O)c1cc(CC)cc(OC(C)COC)c1.Cc1cnc(C(=O)N(C)C)nc1. The molecule has 2 aromatic rings. The van der Waals surface area contributed by atoms with Crippen molar-refractivity contribution in [2.45, 2.75) is 33.3 Å². The molecule has 1 heterocycles. The Bertz CT molecular complexity index is 804. The maximum atomic E-state index is 11.3. The molecule has 0 aliphatic carbocycles. The van der Waals surface area contributed by atoms with E-state index >= 15 is 0 Å². The second-order valence-electron chi connectivity index (χ2n) is 6.83. The van der Waals surface area contributed by atoms with E-state index in [1.165, 1.54) is 4.90 Å². The lowest BCUT2D eigenvalue weighted by Crippen LogP contribution is -2.23. The first-order valence-corrected chi connectivity index (χ1v) is 9.36. The van der Waals surface area contributed by atoms with Gasteiger partial charge in [0.25, 0.3) is 5.91 Å². The summed E-state index contributed by atoms with van der Waals surface area (Å²) in [5.41, 5.74) is 2.76. The molecule has 1 N–H and O–H groups in total. The molecule has 0 spiro atoms. The average Bonchev–Trinajstić information content (AvgIpc) is 2.68. The molecule has 0 bridgehead atoms. The predicted molar refractivity (Wildman–Crippen MR) is 114 cm³/mol. The van der Waals surface area contributed by atoms with Crippen LogP contribution >= 0.6 is 0 Å². The van der Waals surface area contributed by atoms with Crippen LogP contribution in [0.15, 0.2) is 37.2 Å². The number of aliphatic hydroxyl groups excluding tert-OH is 1. The van der Waals surface area contributed by atoms with Gasteiger partial charge in [-0.2, -0.15) is 0 Å². The molecular weight excluding hydrogens is 370 g/mol. The van der Waals surface area contributed by atoms with Gasteiger partial charge in [-0.05, 0) is 49.6 Å². The van der Waals surface area contributed by atoms with E-state index in [0.29, 0.717) is 12.2 Å². The van der Waals surface area contributed by atoms with Gasteiger partial charge in [0, 0.05) is 39.2 Å². The third-order valence-electron chi connectivity index (χ3n) is 3.82.